The normalized spacial score (nSPS) is 8.15. The molecule has 1 rings (SSSR count). The number of rotatable bonds is 1. The maximum atomic E-state index is 10.6. The van der Waals surface area contributed by atoms with E-state index in [0.717, 1.165) is 10.6 Å². The Labute approximate surface area is 80.2 Å². The number of thiophene rings is 1. The number of anilines is 1. The van der Waals surface area contributed by atoms with Crippen LogP contribution in [-0.2, 0) is 9.59 Å². The number of hydrogen-bond donors (Lipinski definition) is 2. The van der Waals surface area contributed by atoms with E-state index in [-0.39, 0.29) is 12.4 Å². The maximum absolute atomic E-state index is 10.6. The molecule has 0 aliphatic rings. The standard InChI is InChI=1S/C7H9NOS.CH2O2/c1-5-7(3-4-10-5)8-6(2)9;2-1-3/h3-4H,1-2H3,(H,8,9);1H,(H,2,3). The minimum Gasteiger partial charge on any atom is -0.483 e. The van der Waals surface area contributed by atoms with Gasteiger partial charge in [-0.3, -0.25) is 9.59 Å². The molecule has 0 atom stereocenters. The van der Waals surface area contributed by atoms with Gasteiger partial charge in [-0.25, -0.2) is 0 Å². The number of aryl methyl sites for hydroxylation is 1. The molecule has 0 bridgehead atoms. The summed E-state index contributed by atoms with van der Waals surface area (Å²) >= 11 is 1.63. The van der Waals surface area contributed by atoms with Gasteiger partial charge in [-0.1, -0.05) is 0 Å². The molecule has 0 saturated carbocycles. The molecule has 72 valence electrons. The molecular weight excluding hydrogens is 190 g/mol. The molecule has 13 heavy (non-hydrogen) atoms. The Bertz CT molecular complexity index is 283. The number of hydrogen-bond acceptors (Lipinski definition) is 3. The first-order chi connectivity index (χ1) is 6.11. The lowest BCUT2D eigenvalue weighted by Gasteiger charge is -1.97. The van der Waals surface area contributed by atoms with E-state index in [1.54, 1.807) is 11.3 Å². The topological polar surface area (TPSA) is 66.4 Å². The Morgan fingerprint density at radius 3 is 2.54 bits per heavy atom. The molecular formula is C8H11NO3S. The summed E-state index contributed by atoms with van der Waals surface area (Å²) < 4.78 is 0. The van der Waals surface area contributed by atoms with Gasteiger partial charge in [0.2, 0.25) is 5.91 Å². The molecule has 0 aromatic carbocycles. The molecule has 5 heteroatoms. The molecule has 0 spiro atoms. The fourth-order valence-corrected chi connectivity index (χ4v) is 1.36. The molecule has 0 radical (unpaired) electrons. The van der Waals surface area contributed by atoms with Crippen LogP contribution in [0.25, 0.3) is 0 Å². The highest BCUT2D eigenvalue weighted by atomic mass is 32.1. The molecule has 1 aromatic heterocycles. The predicted molar refractivity (Wildman–Crippen MR) is 52.1 cm³/mol. The highest BCUT2D eigenvalue weighted by Crippen LogP contribution is 2.19. The molecule has 2 N–H and O–H groups in total. The van der Waals surface area contributed by atoms with Crippen molar-refractivity contribution in [1.82, 2.24) is 0 Å². The van der Waals surface area contributed by atoms with Crippen LogP contribution >= 0.6 is 11.3 Å². The van der Waals surface area contributed by atoms with Crippen molar-refractivity contribution in [2.75, 3.05) is 5.32 Å². The van der Waals surface area contributed by atoms with Crippen molar-refractivity contribution >= 4 is 29.4 Å². The second-order valence-corrected chi connectivity index (χ2v) is 3.30. The quantitative estimate of drug-likeness (QED) is 0.680. The van der Waals surface area contributed by atoms with Crippen molar-refractivity contribution in [2.45, 2.75) is 13.8 Å². The van der Waals surface area contributed by atoms with Gasteiger partial charge in [0.1, 0.15) is 0 Å². The summed E-state index contributed by atoms with van der Waals surface area (Å²) in [7, 11) is 0. The highest BCUT2D eigenvalue weighted by Gasteiger charge is 1.98. The first-order valence-electron chi connectivity index (χ1n) is 3.51. The number of carboxylic acid groups (broad SMARTS) is 1. The number of amides is 1. The largest absolute Gasteiger partial charge is 0.483 e. The lowest BCUT2D eigenvalue weighted by molar-refractivity contribution is -0.123. The zero-order valence-corrected chi connectivity index (χ0v) is 8.22. The van der Waals surface area contributed by atoms with E-state index in [9.17, 15) is 4.79 Å². The molecule has 0 fully saturated rings. The molecule has 1 heterocycles. The van der Waals surface area contributed by atoms with Crippen molar-refractivity contribution in [2.24, 2.45) is 0 Å². The van der Waals surface area contributed by atoms with E-state index < -0.39 is 0 Å². The Kier molecular flexibility index (Phi) is 5.54. The summed E-state index contributed by atoms with van der Waals surface area (Å²) in [6.07, 6.45) is 0. The van der Waals surface area contributed by atoms with Crippen LogP contribution in [0.2, 0.25) is 0 Å². The van der Waals surface area contributed by atoms with E-state index in [2.05, 4.69) is 5.32 Å². The van der Waals surface area contributed by atoms with Gasteiger partial charge in [0.25, 0.3) is 6.47 Å². The minimum absolute atomic E-state index is 0.0125. The van der Waals surface area contributed by atoms with Crippen molar-refractivity contribution in [1.29, 1.82) is 0 Å². The second kappa shape index (κ2) is 6.19. The summed E-state index contributed by atoms with van der Waals surface area (Å²) in [6.45, 7) is 3.24. The van der Waals surface area contributed by atoms with Crippen LogP contribution in [0.3, 0.4) is 0 Å². The first kappa shape index (κ1) is 11.6. The molecule has 0 unspecified atom stereocenters. The fraction of sp³-hybridized carbons (Fsp3) is 0.250. The Balaban J connectivity index is 0.000000424. The third-order valence-corrected chi connectivity index (χ3v) is 2.02. The van der Waals surface area contributed by atoms with Crippen LogP contribution in [0.1, 0.15) is 11.8 Å². The van der Waals surface area contributed by atoms with Crippen molar-refractivity contribution in [3.8, 4) is 0 Å². The van der Waals surface area contributed by atoms with E-state index in [1.807, 2.05) is 18.4 Å². The monoisotopic (exact) mass is 201 g/mol. The van der Waals surface area contributed by atoms with Crippen molar-refractivity contribution in [3.05, 3.63) is 16.3 Å². The number of carbonyl (C=O) groups is 2. The van der Waals surface area contributed by atoms with E-state index in [4.69, 9.17) is 9.90 Å². The van der Waals surface area contributed by atoms with Gasteiger partial charge in [-0.05, 0) is 18.4 Å². The smallest absolute Gasteiger partial charge is 0.290 e. The van der Waals surface area contributed by atoms with E-state index in [1.165, 1.54) is 6.92 Å². The lowest BCUT2D eigenvalue weighted by Crippen LogP contribution is -2.05. The third kappa shape index (κ3) is 4.97. The molecule has 0 aliphatic carbocycles. The minimum atomic E-state index is -0.250. The van der Waals surface area contributed by atoms with Gasteiger partial charge in [0, 0.05) is 11.8 Å². The van der Waals surface area contributed by atoms with Gasteiger partial charge in [-0.15, -0.1) is 11.3 Å². The maximum Gasteiger partial charge on any atom is 0.290 e. The SMILES string of the molecule is CC(=O)Nc1ccsc1C.O=CO. The van der Waals surface area contributed by atoms with Crippen LogP contribution in [0.4, 0.5) is 5.69 Å². The third-order valence-electron chi connectivity index (χ3n) is 1.17. The molecule has 4 nitrogen and oxygen atoms in total. The zero-order chi connectivity index (χ0) is 10.3. The summed E-state index contributed by atoms with van der Waals surface area (Å²) in [5.74, 6) is -0.0125. The van der Waals surface area contributed by atoms with Gasteiger partial charge in [-0.2, -0.15) is 0 Å². The Morgan fingerprint density at radius 2 is 2.23 bits per heavy atom. The van der Waals surface area contributed by atoms with Crippen LogP contribution < -0.4 is 5.32 Å². The van der Waals surface area contributed by atoms with Crippen LogP contribution in [-0.4, -0.2) is 17.5 Å². The van der Waals surface area contributed by atoms with Gasteiger partial charge < -0.3 is 10.4 Å². The number of carbonyl (C=O) groups excluding carboxylic acids is 1. The van der Waals surface area contributed by atoms with E-state index in [0.29, 0.717) is 0 Å². The molecule has 1 aromatic rings. The van der Waals surface area contributed by atoms with Crippen molar-refractivity contribution in [3.63, 3.8) is 0 Å². The summed E-state index contributed by atoms with van der Waals surface area (Å²) in [4.78, 5) is 20.1. The van der Waals surface area contributed by atoms with Crippen LogP contribution in [0.15, 0.2) is 11.4 Å². The van der Waals surface area contributed by atoms with Crippen LogP contribution in [0.5, 0.6) is 0 Å². The Morgan fingerprint density at radius 1 is 1.69 bits per heavy atom. The van der Waals surface area contributed by atoms with E-state index >= 15 is 0 Å². The van der Waals surface area contributed by atoms with Gasteiger partial charge >= 0.3 is 0 Å². The van der Waals surface area contributed by atoms with Gasteiger partial charge in [0.15, 0.2) is 0 Å². The predicted octanol–water partition coefficient (Wildman–Crippen LogP) is 1.72. The Hall–Kier alpha value is -1.36. The first-order valence-corrected chi connectivity index (χ1v) is 4.39. The fourth-order valence-electron chi connectivity index (χ4n) is 0.704. The summed E-state index contributed by atoms with van der Waals surface area (Å²) in [5.41, 5.74) is 0.928. The summed E-state index contributed by atoms with van der Waals surface area (Å²) in [5, 5.41) is 11.6. The number of nitrogens with one attached hydrogen (secondary N) is 1. The average Bonchev–Trinajstić information content (AvgIpc) is 2.37. The lowest BCUT2D eigenvalue weighted by atomic mass is 10.4. The van der Waals surface area contributed by atoms with Crippen LogP contribution in [0, 0.1) is 6.92 Å². The van der Waals surface area contributed by atoms with Crippen molar-refractivity contribution < 1.29 is 14.7 Å². The average molecular weight is 201 g/mol. The second-order valence-electron chi connectivity index (χ2n) is 2.18. The molecule has 0 aliphatic heterocycles. The zero-order valence-electron chi connectivity index (χ0n) is 7.40. The molecule has 1 amide bonds. The molecule has 0 saturated heterocycles. The summed E-state index contributed by atoms with van der Waals surface area (Å²) in [6, 6.07) is 1.90. The van der Waals surface area contributed by atoms with Gasteiger partial charge in [0.05, 0.1) is 5.69 Å². The highest BCUT2D eigenvalue weighted by molar-refractivity contribution is 7.10.